The van der Waals surface area contributed by atoms with E-state index in [0.29, 0.717) is 5.56 Å². The summed E-state index contributed by atoms with van der Waals surface area (Å²) in [5.41, 5.74) is 0.654. The van der Waals surface area contributed by atoms with Crippen LogP contribution >= 0.6 is 33.9 Å². The van der Waals surface area contributed by atoms with Crippen LogP contribution in [-0.4, -0.2) is 4.98 Å². The highest BCUT2D eigenvalue weighted by Gasteiger charge is 2.05. The molecule has 58 valence electrons. The van der Waals surface area contributed by atoms with Gasteiger partial charge in [-0.1, -0.05) is 0 Å². The van der Waals surface area contributed by atoms with Crippen LogP contribution in [0.3, 0.4) is 0 Å². The molecule has 0 spiro atoms. The number of nitrogens with zero attached hydrogens (tertiary/aromatic N) is 2. The lowest BCUT2D eigenvalue weighted by Crippen LogP contribution is -1.83. The molecule has 0 amide bonds. The Morgan fingerprint density at radius 1 is 1.58 bits per heavy atom. The Hall–Kier alpha value is -0.670. The molecule has 0 radical (unpaired) electrons. The maximum Gasteiger partial charge on any atom is 0.124 e. The topological polar surface area (TPSA) is 36.7 Å². The molecule has 0 aliphatic carbocycles. The second-order valence-corrected chi connectivity index (χ2v) is 4.21. The first-order chi connectivity index (χ1) is 5.83. The van der Waals surface area contributed by atoms with Gasteiger partial charge < -0.3 is 0 Å². The Labute approximate surface area is 87.0 Å². The van der Waals surface area contributed by atoms with Crippen LogP contribution < -0.4 is 0 Å². The van der Waals surface area contributed by atoms with E-state index in [-0.39, 0.29) is 0 Å². The number of pyridine rings is 1. The van der Waals surface area contributed by atoms with Gasteiger partial charge in [0.25, 0.3) is 0 Å². The van der Waals surface area contributed by atoms with Crippen LogP contribution in [0, 0.1) is 14.9 Å². The van der Waals surface area contributed by atoms with Gasteiger partial charge >= 0.3 is 0 Å². The molecule has 0 aromatic carbocycles. The van der Waals surface area contributed by atoms with Crippen LogP contribution in [0.25, 0.3) is 10.2 Å². The molecular formula is C8H3IN2S. The second kappa shape index (κ2) is 2.99. The summed E-state index contributed by atoms with van der Waals surface area (Å²) in [7, 11) is 0. The van der Waals surface area contributed by atoms with Crippen molar-refractivity contribution in [2.45, 2.75) is 0 Å². The molecular weight excluding hydrogens is 283 g/mol. The van der Waals surface area contributed by atoms with Gasteiger partial charge in [0.2, 0.25) is 0 Å². The van der Waals surface area contributed by atoms with E-state index in [0.717, 1.165) is 13.8 Å². The average Bonchev–Trinajstić information content (AvgIpc) is 2.53. The predicted octanol–water partition coefficient (Wildman–Crippen LogP) is 2.77. The molecule has 2 aromatic heterocycles. The maximum absolute atomic E-state index is 8.72. The zero-order valence-corrected chi connectivity index (χ0v) is 8.89. The summed E-state index contributed by atoms with van der Waals surface area (Å²) in [5, 5.41) is 11.8. The first-order valence-electron chi connectivity index (χ1n) is 3.24. The van der Waals surface area contributed by atoms with Gasteiger partial charge in [0, 0.05) is 15.2 Å². The minimum atomic E-state index is 0.654. The number of hydrogen-bond acceptors (Lipinski definition) is 3. The fourth-order valence-corrected chi connectivity index (χ4v) is 2.59. The summed E-state index contributed by atoms with van der Waals surface area (Å²) in [6.45, 7) is 0. The van der Waals surface area contributed by atoms with E-state index in [1.54, 1.807) is 17.5 Å². The molecule has 0 bridgehead atoms. The summed E-state index contributed by atoms with van der Waals surface area (Å²) >= 11 is 3.77. The Kier molecular flexibility index (Phi) is 1.98. The smallest absolute Gasteiger partial charge is 0.124 e. The van der Waals surface area contributed by atoms with E-state index >= 15 is 0 Å². The maximum atomic E-state index is 8.72. The van der Waals surface area contributed by atoms with Gasteiger partial charge in [-0.2, -0.15) is 5.26 Å². The zero-order chi connectivity index (χ0) is 8.55. The number of fused-ring (bicyclic) bond motifs is 1. The lowest BCUT2D eigenvalue weighted by atomic mass is 10.2. The fraction of sp³-hybridized carbons (Fsp3) is 0. The van der Waals surface area contributed by atoms with Crippen LogP contribution in [0.5, 0.6) is 0 Å². The van der Waals surface area contributed by atoms with Crippen molar-refractivity contribution in [3.8, 4) is 6.07 Å². The van der Waals surface area contributed by atoms with Gasteiger partial charge in [-0.05, 0) is 34.0 Å². The van der Waals surface area contributed by atoms with Crippen molar-refractivity contribution < 1.29 is 0 Å². The quantitative estimate of drug-likeness (QED) is 0.698. The average molecular weight is 286 g/mol. The Morgan fingerprint density at radius 2 is 2.42 bits per heavy atom. The van der Waals surface area contributed by atoms with E-state index in [1.807, 2.05) is 11.4 Å². The first-order valence-corrected chi connectivity index (χ1v) is 5.20. The number of hydrogen-bond donors (Lipinski definition) is 0. The molecule has 2 heterocycles. The Bertz CT molecular complexity index is 469. The fourth-order valence-electron chi connectivity index (χ4n) is 0.971. The molecule has 2 aromatic rings. The van der Waals surface area contributed by atoms with Gasteiger partial charge in [-0.25, -0.2) is 4.98 Å². The highest BCUT2D eigenvalue weighted by atomic mass is 127. The van der Waals surface area contributed by atoms with E-state index in [1.165, 1.54) is 0 Å². The summed E-state index contributed by atoms with van der Waals surface area (Å²) < 4.78 is 1.00. The first kappa shape index (κ1) is 7.95. The molecule has 2 rings (SSSR count). The van der Waals surface area contributed by atoms with Gasteiger partial charge in [-0.15, -0.1) is 11.3 Å². The number of rotatable bonds is 0. The molecule has 0 saturated carbocycles. The van der Waals surface area contributed by atoms with Gasteiger partial charge in [-0.3, -0.25) is 0 Å². The molecule has 0 saturated heterocycles. The van der Waals surface area contributed by atoms with E-state index in [2.05, 4.69) is 33.6 Å². The lowest BCUT2D eigenvalue weighted by molar-refractivity contribution is 1.38. The molecule has 12 heavy (non-hydrogen) atoms. The van der Waals surface area contributed by atoms with Crippen molar-refractivity contribution in [3.05, 3.63) is 26.8 Å². The number of nitriles is 1. The standard InChI is InChI=1S/C8H3IN2S/c9-7-5(3-10)4-11-8-6(7)1-2-12-8/h1-2,4H. The summed E-state index contributed by atoms with van der Waals surface area (Å²) in [6, 6.07) is 4.11. The van der Waals surface area contributed by atoms with Crippen molar-refractivity contribution in [2.24, 2.45) is 0 Å². The van der Waals surface area contributed by atoms with Gasteiger partial charge in [0.15, 0.2) is 0 Å². The molecule has 2 nitrogen and oxygen atoms in total. The third-order valence-electron chi connectivity index (χ3n) is 1.55. The Balaban J connectivity index is 2.89. The van der Waals surface area contributed by atoms with E-state index in [4.69, 9.17) is 5.26 Å². The largest absolute Gasteiger partial charge is 0.244 e. The lowest BCUT2D eigenvalue weighted by Gasteiger charge is -1.94. The molecule has 0 N–H and O–H groups in total. The molecule has 0 unspecified atom stereocenters. The molecule has 0 aliphatic rings. The third kappa shape index (κ3) is 1.09. The van der Waals surface area contributed by atoms with Gasteiger partial charge in [0.1, 0.15) is 10.9 Å². The molecule has 0 fully saturated rings. The highest BCUT2D eigenvalue weighted by Crippen LogP contribution is 2.25. The van der Waals surface area contributed by atoms with Gasteiger partial charge in [0.05, 0.1) is 5.56 Å². The SMILES string of the molecule is N#Cc1cnc2sccc2c1I. The number of aromatic nitrogens is 1. The normalized spacial score (nSPS) is 10.0. The zero-order valence-electron chi connectivity index (χ0n) is 5.91. The minimum Gasteiger partial charge on any atom is -0.244 e. The Morgan fingerprint density at radius 3 is 3.17 bits per heavy atom. The van der Waals surface area contributed by atoms with Crippen molar-refractivity contribution >= 4 is 44.1 Å². The van der Waals surface area contributed by atoms with Crippen LogP contribution in [0.1, 0.15) is 5.56 Å². The monoisotopic (exact) mass is 286 g/mol. The van der Waals surface area contributed by atoms with Crippen molar-refractivity contribution in [1.29, 1.82) is 5.26 Å². The summed E-state index contributed by atoms with van der Waals surface area (Å²) in [4.78, 5) is 5.16. The predicted molar refractivity (Wildman–Crippen MR) is 57.1 cm³/mol. The highest BCUT2D eigenvalue weighted by molar-refractivity contribution is 14.1. The van der Waals surface area contributed by atoms with Crippen LogP contribution in [0.2, 0.25) is 0 Å². The second-order valence-electron chi connectivity index (χ2n) is 2.24. The molecule has 0 aliphatic heterocycles. The van der Waals surface area contributed by atoms with Crippen LogP contribution in [0.4, 0.5) is 0 Å². The minimum absolute atomic E-state index is 0.654. The van der Waals surface area contributed by atoms with Crippen LogP contribution in [0.15, 0.2) is 17.6 Å². The summed E-state index contributed by atoms with van der Waals surface area (Å²) in [6.07, 6.45) is 1.63. The molecule has 4 heteroatoms. The van der Waals surface area contributed by atoms with Crippen molar-refractivity contribution in [1.82, 2.24) is 4.98 Å². The number of thiophene rings is 1. The third-order valence-corrected chi connectivity index (χ3v) is 3.53. The van der Waals surface area contributed by atoms with Crippen LogP contribution in [-0.2, 0) is 0 Å². The summed E-state index contributed by atoms with van der Waals surface area (Å²) in [5.74, 6) is 0. The molecule has 0 atom stereocenters. The number of halogens is 1. The van der Waals surface area contributed by atoms with Crippen molar-refractivity contribution in [2.75, 3.05) is 0 Å². The van der Waals surface area contributed by atoms with Crippen molar-refractivity contribution in [3.63, 3.8) is 0 Å². The van der Waals surface area contributed by atoms with E-state index < -0.39 is 0 Å². The van der Waals surface area contributed by atoms with E-state index in [9.17, 15) is 0 Å².